The van der Waals surface area contributed by atoms with E-state index in [1.54, 1.807) is 24.3 Å². The van der Waals surface area contributed by atoms with Gasteiger partial charge in [-0.1, -0.05) is 12.1 Å². The molecule has 0 saturated heterocycles. The number of benzene rings is 2. The van der Waals surface area contributed by atoms with E-state index < -0.39 is 28.0 Å². The summed E-state index contributed by atoms with van der Waals surface area (Å²) in [4.78, 5) is 23.4. The van der Waals surface area contributed by atoms with Crippen LogP contribution in [0.4, 0.5) is 11.4 Å². The Balaban J connectivity index is 1.81. The summed E-state index contributed by atoms with van der Waals surface area (Å²) < 4.78 is 30.9. The Morgan fingerprint density at radius 1 is 1.15 bits per heavy atom. The Morgan fingerprint density at radius 2 is 1.81 bits per heavy atom. The van der Waals surface area contributed by atoms with Crippen LogP contribution in [0.15, 0.2) is 48.5 Å². The van der Waals surface area contributed by atoms with Crippen LogP contribution in [0.1, 0.15) is 10.4 Å². The largest absolute Gasteiger partial charge is 0.478 e. The Morgan fingerprint density at radius 3 is 2.42 bits per heavy atom. The second kappa shape index (κ2) is 6.68. The van der Waals surface area contributed by atoms with Crippen molar-refractivity contribution < 1.29 is 27.9 Å². The molecule has 9 heteroatoms. The van der Waals surface area contributed by atoms with E-state index in [0.29, 0.717) is 17.1 Å². The molecule has 1 aliphatic rings. The number of carbonyl (C=O) groups excluding carboxylic acids is 1. The van der Waals surface area contributed by atoms with E-state index >= 15 is 0 Å². The van der Waals surface area contributed by atoms with E-state index in [4.69, 9.17) is 9.84 Å². The summed E-state index contributed by atoms with van der Waals surface area (Å²) in [5.41, 5.74) is 0.854. The smallest absolute Gasteiger partial charge is 0.335 e. The first kappa shape index (κ1) is 17.7. The number of ether oxygens (including phenoxy) is 1. The van der Waals surface area contributed by atoms with Crippen LogP contribution in [0.2, 0.25) is 0 Å². The predicted molar refractivity (Wildman–Crippen MR) is 95.1 cm³/mol. The van der Waals surface area contributed by atoms with Crippen molar-refractivity contribution in [2.75, 3.05) is 22.4 Å². The van der Waals surface area contributed by atoms with E-state index in [1.165, 1.54) is 24.3 Å². The SMILES string of the molecule is CS(=O)(=O)N1C[C@@H](C(=O)Nc2ccc(C(=O)O)cc2)Oc2ccccc21. The van der Waals surface area contributed by atoms with Crippen molar-refractivity contribution in [3.05, 3.63) is 54.1 Å². The van der Waals surface area contributed by atoms with Gasteiger partial charge in [-0.3, -0.25) is 9.10 Å². The van der Waals surface area contributed by atoms with Gasteiger partial charge >= 0.3 is 5.97 Å². The Kier molecular flexibility index (Phi) is 4.56. The lowest BCUT2D eigenvalue weighted by Crippen LogP contribution is -2.48. The van der Waals surface area contributed by atoms with Crippen molar-refractivity contribution in [1.29, 1.82) is 0 Å². The summed E-state index contributed by atoms with van der Waals surface area (Å²) in [6.07, 6.45) is 0.0214. The maximum Gasteiger partial charge on any atom is 0.335 e. The first-order valence-electron chi connectivity index (χ1n) is 7.63. The van der Waals surface area contributed by atoms with Gasteiger partial charge in [-0.25, -0.2) is 13.2 Å². The van der Waals surface area contributed by atoms with Crippen LogP contribution >= 0.6 is 0 Å². The van der Waals surface area contributed by atoms with Gasteiger partial charge in [-0.15, -0.1) is 0 Å². The van der Waals surface area contributed by atoms with E-state index in [-0.39, 0.29) is 12.1 Å². The van der Waals surface area contributed by atoms with Gasteiger partial charge in [-0.05, 0) is 36.4 Å². The second-order valence-corrected chi connectivity index (χ2v) is 7.65. The maximum absolute atomic E-state index is 12.5. The van der Waals surface area contributed by atoms with Gasteiger partial charge in [0.25, 0.3) is 5.91 Å². The number of para-hydroxylation sites is 2. The molecule has 2 N–H and O–H groups in total. The molecule has 1 atom stereocenters. The van der Waals surface area contributed by atoms with Gasteiger partial charge in [0.15, 0.2) is 6.10 Å². The molecule has 3 rings (SSSR count). The third kappa shape index (κ3) is 3.62. The van der Waals surface area contributed by atoms with Crippen LogP contribution in [0.25, 0.3) is 0 Å². The lowest BCUT2D eigenvalue weighted by molar-refractivity contribution is -0.122. The maximum atomic E-state index is 12.5. The predicted octanol–water partition coefficient (Wildman–Crippen LogP) is 1.55. The van der Waals surface area contributed by atoms with Gasteiger partial charge in [0, 0.05) is 5.69 Å². The minimum atomic E-state index is -3.59. The summed E-state index contributed by atoms with van der Waals surface area (Å²) in [6, 6.07) is 12.2. The third-order valence-corrected chi connectivity index (χ3v) is 4.97. The van der Waals surface area contributed by atoms with Crippen molar-refractivity contribution in [3.8, 4) is 5.75 Å². The zero-order valence-corrected chi connectivity index (χ0v) is 14.6. The summed E-state index contributed by atoms with van der Waals surface area (Å²) in [5.74, 6) is -1.30. The number of anilines is 2. The van der Waals surface area contributed by atoms with Gasteiger partial charge in [0.05, 0.1) is 24.1 Å². The van der Waals surface area contributed by atoms with Gasteiger partial charge in [0.1, 0.15) is 5.75 Å². The molecule has 0 unspecified atom stereocenters. The molecule has 2 aromatic rings. The van der Waals surface area contributed by atoms with E-state index in [2.05, 4.69) is 5.32 Å². The number of amides is 1. The molecule has 2 aromatic carbocycles. The molecule has 1 heterocycles. The van der Waals surface area contributed by atoms with E-state index in [9.17, 15) is 18.0 Å². The number of hydrogen-bond acceptors (Lipinski definition) is 5. The lowest BCUT2D eigenvalue weighted by Gasteiger charge is -2.33. The molecule has 0 fully saturated rings. The van der Waals surface area contributed by atoms with Crippen molar-refractivity contribution >= 4 is 33.3 Å². The summed E-state index contributed by atoms with van der Waals surface area (Å²) in [6.45, 7) is -0.158. The molecule has 0 aliphatic carbocycles. The fourth-order valence-corrected chi connectivity index (χ4v) is 3.49. The van der Waals surface area contributed by atoms with Crippen molar-refractivity contribution in [2.24, 2.45) is 0 Å². The molecular weight excluding hydrogens is 360 g/mol. The van der Waals surface area contributed by atoms with Gasteiger partial charge in [0.2, 0.25) is 10.0 Å². The standard InChI is InChI=1S/C17H16N2O6S/c1-26(23,24)19-10-15(25-14-5-3-2-4-13(14)19)16(20)18-12-8-6-11(7-9-12)17(21)22/h2-9,15H,10H2,1H3,(H,18,20)(H,21,22)/t15-/m0/s1. The number of aromatic carboxylic acids is 1. The monoisotopic (exact) mass is 376 g/mol. The minimum Gasteiger partial charge on any atom is -0.478 e. The number of carbonyl (C=O) groups is 2. The number of nitrogens with one attached hydrogen (secondary N) is 1. The molecule has 0 saturated carbocycles. The van der Waals surface area contributed by atoms with Crippen molar-refractivity contribution in [1.82, 2.24) is 0 Å². The van der Waals surface area contributed by atoms with Gasteiger partial charge < -0.3 is 15.2 Å². The topological polar surface area (TPSA) is 113 Å². The fourth-order valence-electron chi connectivity index (χ4n) is 2.57. The summed E-state index contributed by atoms with van der Waals surface area (Å²) >= 11 is 0. The molecule has 0 radical (unpaired) electrons. The molecule has 0 spiro atoms. The number of nitrogens with zero attached hydrogens (tertiary/aromatic N) is 1. The second-order valence-electron chi connectivity index (χ2n) is 5.74. The summed E-state index contributed by atoms with van der Waals surface area (Å²) in [5, 5.41) is 11.5. The molecular formula is C17H16N2O6S. The minimum absolute atomic E-state index is 0.0918. The zero-order valence-electron chi connectivity index (χ0n) is 13.7. The average Bonchev–Trinajstić information content (AvgIpc) is 2.60. The van der Waals surface area contributed by atoms with Crippen LogP contribution in [0.3, 0.4) is 0 Å². The first-order valence-corrected chi connectivity index (χ1v) is 9.48. The number of fused-ring (bicyclic) bond motifs is 1. The first-order chi connectivity index (χ1) is 12.3. The van der Waals surface area contributed by atoms with Crippen LogP contribution in [0.5, 0.6) is 5.75 Å². The third-order valence-electron chi connectivity index (χ3n) is 3.83. The molecule has 26 heavy (non-hydrogen) atoms. The van der Waals surface area contributed by atoms with Crippen LogP contribution in [0, 0.1) is 0 Å². The highest BCUT2D eigenvalue weighted by Gasteiger charge is 2.34. The molecule has 8 nitrogen and oxygen atoms in total. The van der Waals surface area contributed by atoms with E-state index in [0.717, 1.165) is 10.6 Å². The van der Waals surface area contributed by atoms with E-state index in [1.807, 2.05) is 0 Å². The molecule has 1 aliphatic heterocycles. The average molecular weight is 376 g/mol. The Bertz CT molecular complexity index is 955. The number of sulfonamides is 1. The number of rotatable bonds is 4. The zero-order chi connectivity index (χ0) is 18.9. The Hall–Kier alpha value is -3.07. The highest BCUT2D eigenvalue weighted by molar-refractivity contribution is 7.92. The van der Waals surface area contributed by atoms with Crippen molar-refractivity contribution in [3.63, 3.8) is 0 Å². The molecule has 1 amide bonds. The van der Waals surface area contributed by atoms with Crippen LogP contribution in [-0.4, -0.2) is 44.3 Å². The molecule has 0 bridgehead atoms. The highest BCUT2D eigenvalue weighted by atomic mass is 32.2. The summed E-state index contributed by atoms with van der Waals surface area (Å²) in [7, 11) is -3.59. The lowest BCUT2D eigenvalue weighted by atomic mass is 10.2. The number of carboxylic acids is 1. The molecule has 0 aromatic heterocycles. The highest BCUT2D eigenvalue weighted by Crippen LogP contribution is 2.34. The number of carboxylic acid groups (broad SMARTS) is 1. The van der Waals surface area contributed by atoms with Gasteiger partial charge in [-0.2, -0.15) is 0 Å². The quantitative estimate of drug-likeness (QED) is 0.837. The normalized spacial score (nSPS) is 16.3. The molecule has 136 valence electrons. The Labute approximate surface area is 150 Å². The fraction of sp³-hybridized carbons (Fsp3) is 0.176. The van der Waals surface area contributed by atoms with Crippen LogP contribution < -0.4 is 14.4 Å². The number of hydrogen-bond donors (Lipinski definition) is 2. The van der Waals surface area contributed by atoms with Crippen molar-refractivity contribution in [2.45, 2.75) is 6.10 Å². The van der Waals surface area contributed by atoms with Crippen LogP contribution in [-0.2, 0) is 14.8 Å².